The first-order valence-electron chi connectivity index (χ1n) is 12.7. The molecule has 194 valence electrons. The van der Waals surface area contributed by atoms with Gasteiger partial charge in [0.2, 0.25) is 0 Å². The smallest absolute Gasteiger partial charge is 0.255 e. The van der Waals surface area contributed by atoms with E-state index in [0.717, 1.165) is 57.0 Å². The first-order valence-corrected chi connectivity index (χ1v) is 12.7. The van der Waals surface area contributed by atoms with Crippen LogP contribution in [0.4, 0.5) is 11.4 Å². The lowest BCUT2D eigenvalue weighted by Crippen LogP contribution is -2.32. The maximum atomic E-state index is 13.1. The van der Waals surface area contributed by atoms with E-state index in [1.165, 1.54) is 6.07 Å². The maximum absolute atomic E-state index is 13.1. The predicted octanol–water partition coefficient (Wildman–Crippen LogP) is 4.54. The first-order chi connectivity index (χ1) is 17.9. The van der Waals surface area contributed by atoms with Gasteiger partial charge in [0, 0.05) is 56.5 Å². The van der Waals surface area contributed by atoms with Crippen LogP contribution in [0.15, 0.2) is 66.7 Å². The summed E-state index contributed by atoms with van der Waals surface area (Å²) in [5, 5.41) is 13.3. The Morgan fingerprint density at radius 3 is 2.38 bits per heavy atom. The van der Waals surface area contributed by atoms with E-state index in [2.05, 4.69) is 15.1 Å². The molecule has 1 heterocycles. The van der Waals surface area contributed by atoms with Crippen molar-refractivity contribution >= 4 is 23.1 Å². The number of amides is 1. The van der Waals surface area contributed by atoms with Gasteiger partial charge in [0.1, 0.15) is 5.75 Å². The summed E-state index contributed by atoms with van der Waals surface area (Å²) in [5.41, 5.74) is 4.07. The van der Waals surface area contributed by atoms with E-state index in [0.29, 0.717) is 16.7 Å². The molecule has 3 aromatic rings. The van der Waals surface area contributed by atoms with E-state index in [9.17, 15) is 14.7 Å². The number of phenols is 1. The van der Waals surface area contributed by atoms with Crippen molar-refractivity contribution in [1.82, 2.24) is 4.90 Å². The third kappa shape index (κ3) is 6.96. The summed E-state index contributed by atoms with van der Waals surface area (Å²) in [4.78, 5) is 30.6. The molecule has 0 saturated carbocycles. The van der Waals surface area contributed by atoms with Crippen LogP contribution in [0.1, 0.15) is 38.3 Å². The highest BCUT2D eigenvalue weighted by atomic mass is 16.5. The molecule has 37 heavy (non-hydrogen) atoms. The molecular weight excluding hydrogens is 466 g/mol. The second kappa shape index (κ2) is 12.5. The lowest BCUT2D eigenvalue weighted by molar-refractivity contribution is 0.0989. The molecule has 0 bridgehead atoms. The topological polar surface area (TPSA) is 82.1 Å². The molecule has 7 nitrogen and oxygen atoms in total. The number of hydrogen-bond acceptors (Lipinski definition) is 6. The van der Waals surface area contributed by atoms with E-state index >= 15 is 0 Å². The minimum absolute atomic E-state index is 0.0678. The van der Waals surface area contributed by atoms with Crippen LogP contribution in [0.3, 0.4) is 0 Å². The van der Waals surface area contributed by atoms with Gasteiger partial charge in [0.15, 0.2) is 5.78 Å². The molecule has 1 aliphatic rings. The number of Topliss-reactive ketones (excluding diaryl/α,β-unsaturated/α-hetero) is 1. The van der Waals surface area contributed by atoms with Gasteiger partial charge >= 0.3 is 0 Å². The Morgan fingerprint density at radius 1 is 0.919 bits per heavy atom. The van der Waals surface area contributed by atoms with Gasteiger partial charge in [-0.15, -0.1) is 0 Å². The monoisotopic (exact) mass is 501 g/mol. The van der Waals surface area contributed by atoms with Crippen molar-refractivity contribution < 1.29 is 19.4 Å². The number of nitrogens with zero attached hydrogens (tertiary/aromatic N) is 2. The Balaban J connectivity index is 1.42. The highest BCUT2D eigenvalue weighted by Crippen LogP contribution is 2.29. The van der Waals surface area contributed by atoms with Crippen LogP contribution in [0.5, 0.6) is 5.75 Å². The molecule has 2 N–H and O–H groups in total. The van der Waals surface area contributed by atoms with Crippen molar-refractivity contribution in [3.63, 3.8) is 0 Å². The Bertz CT molecular complexity index is 1210. The summed E-state index contributed by atoms with van der Waals surface area (Å²) < 4.78 is 5.21. The van der Waals surface area contributed by atoms with E-state index in [-0.39, 0.29) is 29.5 Å². The average Bonchev–Trinajstić information content (AvgIpc) is 3.15. The van der Waals surface area contributed by atoms with E-state index in [4.69, 9.17) is 4.74 Å². The lowest BCUT2D eigenvalue weighted by Gasteiger charge is -2.23. The Kier molecular flexibility index (Phi) is 8.93. The van der Waals surface area contributed by atoms with Crippen molar-refractivity contribution in [2.24, 2.45) is 0 Å². The second-order valence-electron chi connectivity index (χ2n) is 9.45. The number of rotatable bonds is 9. The molecule has 1 aliphatic heterocycles. The van der Waals surface area contributed by atoms with Gasteiger partial charge < -0.3 is 20.1 Å². The molecule has 0 aromatic heterocycles. The minimum atomic E-state index is -0.335. The zero-order valence-electron chi connectivity index (χ0n) is 21.6. The van der Waals surface area contributed by atoms with Crippen LogP contribution in [0, 0.1) is 6.92 Å². The van der Waals surface area contributed by atoms with Crippen LogP contribution in [-0.4, -0.2) is 68.1 Å². The standard InChI is InChI=1S/C30H35N3O4/c1-22-7-9-23(10-8-22)28(35)21-25-5-3-6-27(34)29(25)31-30(36)24-11-13-26(14-12-24)33-16-4-15-32(17-18-33)19-20-37-2/h3,5-14,34H,4,15-21H2,1-2H3,(H,31,36). The summed E-state index contributed by atoms with van der Waals surface area (Å²) in [5.74, 6) is -0.482. The number of anilines is 2. The molecule has 0 unspecified atom stereocenters. The number of carbonyl (C=O) groups excluding carboxylic acids is 2. The fourth-order valence-corrected chi connectivity index (χ4v) is 4.58. The van der Waals surface area contributed by atoms with Gasteiger partial charge in [-0.25, -0.2) is 0 Å². The zero-order valence-corrected chi connectivity index (χ0v) is 21.6. The van der Waals surface area contributed by atoms with Crippen LogP contribution in [-0.2, 0) is 11.2 Å². The van der Waals surface area contributed by atoms with E-state index in [1.54, 1.807) is 43.5 Å². The highest BCUT2D eigenvalue weighted by molar-refractivity contribution is 6.06. The molecule has 3 aromatic carbocycles. The molecule has 0 aliphatic carbocycles. The van der Waals surface area contributed by atoms with Gasteiger partial charge in [-0.3, -0.25) is 14.5 Å². The number of aromatic hydroxyl groups is 1. The van der Waals surface area contributed by atoms with Crippen LogP contribution in [0.25, 0.3) is 0 Å². The third-order valence-corrected chi connectivity index (χ3v) is 6.79. The summed E-state index contributed by atoms with van der Waals surface area (Å²) in [6.07, 6.45) is 1.14. The molecule has 7 heteroatoms. The van der Waals surface area contributed by atoms with Crippen LogP contribution >= 0.6 is 0 Å². The van der Waals surface area contributed by atoms with Crippen molar-refractivity contribution in [2.75, 3.05) is 56.7 Å². The fourth-order valence-electron chi connectivity index (χ4n) is 4.58. The lowest BCUT2D eigenvalue weighted by atomic mass is 10.00. The van der Waals surface area contributed by atoms with Crippen molar-refractivity contribution in [1.29, 1.82) is 0 Å². The fraction of sp³-hybridized carbons (Fsp3) is 0.333. The molecule has 0 spiro atoms. The van der Waals surface area contributed by atoms with Crippen LogP contribution < -0.4 is 10.2 Å². The number of para-hydroxylation sites is 1. The number of carbonyl (C=O) groups is 2. The molecule has 1 fully saturated rings. The summed E-state index contributed by atoms with van der Waals surface area (Å²) in [7, 11) is 1.73. The minimum Gasteiger partial charge on any atom is -0.506 e. The average molecular weight is 502 g/mol. The molecule has 4 rings (SSSR count). The number of nitrogens with one attached hydrogen (secondary N) is 1. The van der Waals surface area contributed by atoms with Crippen molar-refractivity contribution in [3.05, 3.63) is 89.0 Å². The number of ether oxygens (including phenoxy) is 1. The number of benzene rings is 3. The second-order valence-corrected chi connectivity index (χ2v) is 9.45. The van der Waals surface area contributed by atoms with Crippen LogP contribution in [0.2, 0.25) is 0 Å². The summed E-state index contributed by atoms with van der Waals surface area (Å²) in [6, 6.07) is 19.8. The Morgan fingerprint density at radius 2 is 1.65 bits per heavy atom. The number of ketones is 1. The number of phenolic OH excluding ortho intramolecular Hbond substituents is 1. The quantitative estimate of drug-likeness (QED) is 0.331. The highest BCUT2D eigenvalue weighted by Gasteiger charge is 2.18. The Hall–Kier alpha value is -3.68. The predicted molar refractivity (Wildman–Crippen MR) is 147 cm³/mol. The number of hydrogen-bond donors (Lipinski definition) is 2. The van der Waals surface area contributed by atoms with Gasteiger partial charge in [0.05, 0.1) is 12.3 Å². The van der Waals surface area contributed by atoms with E-state index < -0.39 is 0 Å². The van der Waals surface area contributed by atoms with Gasteiger partial charge in [-0.05, 0) is 55.8 Å². The Labute approximate surface area is 218 Å². The van der Waals surface area contributed by atoms with Gasteiger partial charge in [-0.2, -0.15) is 0 Å². The number of methoxy groups -OCH3 is 1. The molecule has 0 radical (unpaired) electrons. The van der Waals surface area contributed by atoms with Gasteiger partial charge in [-0.1, -0.05) is 42.0 Å². The SMILES string of the molecule is COCCN1CCCN(c2ccc(C(=O)Nc3c(O)cccc3CC(=O)c3ccc(C)cc3)cc2)CC1. The normalized spacial score (nSPS) is 14.3. The summed E-state index contributed by atoms with van der Waals surface area (Å²) in [6.45, 7) is 7.56. The molecular formula is C30H35N3O4. The maximum Gasteiger partial charge on any atom is 0.255 e. The summed E-state index contributed by atoms with van der Waals surface area (Å²) >= 11 is 0. The van der Waals surface area contributed by atoms with E-state index in [1.807, 2.05) is 31.2 Å². The zero-order chi connectivity index (χ0) is 26.2. The molecule has 0 atom stereocenters. The number of aryl methyl sites for hydroxylation is 1. The molecule has 1 amide bonds. The largest absolute Gasteiger partial charge is 0.506 e. The van der Waals surface area contributed by atoms with Crippen molar-refractivity contribution in [2.45, 2.75) is 19.8 Å². The van der Waals surface area contributed by atoms with Crippen molar-refractivity contribution in [3.8, 4) is 5.75 Å². The first kappa shape index (κ1) is 26.4. The molecule has 1 saturated heterocycles. The third-order valence-electron chi connectivity index (χ3n) is 6.79. The van der Waals surface area contributed by atoms with Gasteiger partial charge in [0.25, 0.3) is 5.91 Å².